The van der Waals surface area contributed by atoms with Crippen molar-refractivity contribution in [1.29, 1.82) is 0 Å². The van der Waals surface area contributed by atoms with E-state index in [0.717, 1.165) is 17.2 Å². The Bertz CT molecular complexity index is 235. The Kier molecular flexibility index (Phi) is 6.33. The molecule has 3 heteroatoms. The number of nitrogens with one attached hydrogen (secondary N) is 1. The van der Waals surface area contributed by atoms with Gasteiger partial charge >= 0.3 is 0 Å². The molecule has 2 nitrogen and oxygen atoms in total. The lowest BCUT2D eigenvalue weighted by molar-refractivity contribution is 0.255. The van der Waals surface area contributed by atoms with Crippen LogP contribution in [0, 0.1) is 5.92 Å². The van der Waals surface area contributed by atoms with Gasteiger partial charge in [0.2, 0.25) is 0 Å². The molecular weight excluding hydrogens is 240 g/mol. The van der Waals surface area contributed by atoms with Gasteiger partial charge in [0.25, 0.3) is 0 Å². The zero-order valence-electron chi connectivity index (χ0n) is 12.2. The smallest absolute Gasteiger partial charge is 0.0172 e. The van der Waals surface area contributed by atoms with Gasteiger partial charge in [0.15, 0.2) is 0 Å². The fourth-order valence-corrected chi connectivity index (χ4v) is 4.53. The third-order valence-electron chi connectivity index (χ3n) is 4.48. The zero-order chi connectivity index (χ0) is 12.8. The first-order valence-corrected chi connectivity index (χ1v) is 8.90. The molecule has 2 aliphatic rings. The first-order chi connectivity index (χ1) is 8.78. The van der Waals surface area contributed by atoms with Gasteiger partial charge in [-0.1, -0.05) is 26.7 Å². The van der Waals surface area contributed by atoms with Crippen LogP contribution in [0.1, 0.15) is 46.0 Å². The quantitative estimate of drug-likeness (QED) is 0.827. The topological polar surface area (TPSA) is 15.3 Å². The van der Waals surface area contributed by atoms with Gasteiger partial charge in [0, 0.05) is 43.2 Å². The van der Waals surface area contributed by atoms with Gasteiger partial charge in [-0.2, -0.15) is 11.8 Å². The van der Waals surface area contributed by atoms with Gasteiger partial charge < -0.3 is 10.2 Å². The Labute approximate surface area is 117 Å². The minimum atomic E-state index is 0.801. The van der Waals surface area contributed by atoms with E-state index in [4.69, 9.17) is 0 Å². The molecule has 0 amide bonds. The molecule has 3 unspecified atom stereocenters. The largest absolute Gasteiger partial charge is 0.313 e. The molecule has 1 aliphatic heterocycles. The average Bonchev–Trinajstić information content (AvgIpc) is 2.39. The Balaban J connectivity index is 1.59. The maximum Gasteiger partial charge on any atom is 0.0172 e. The Morgan fingerprint density at radius 2 is 2.22 bits per heavy atom. The second-order valence-corrected chi connectivity index (χ2v) is 7.53. The molecule has 2 rings (SSSR count). The summed E-state index contributed by atoms with van der Waals surface area (Å²) in [7, 11) is 0. The molecule has 1 saturated heterocycles. The van der Waals surface area contributed by atoms with Crippen LogP contribution in [0.3, 0.4) is 0 Å². The van der Waals surface area contributed by atoms with Gasteiger partial charge in [-0.25, -0.2) is 0 Å². The van der Waals surface area contributed by atoms with Gasteiger partial charge in [0.05, 0.1) is 0 Å². The van der Waals surface area contributed by atoms with Gasteiger partial charge in [-0.05, 0) is 25.2 Å². The van der Waals surface area contributed by atoms with Crippen molar-refractivity contribution in [1.82, 2.24) is 10.2 Å². The maximum absolute atomic E-state index is 3.78. The first kappa shape index (κ1) is 14.7. The maximum atomic E-state index is 3.78. The third-order valence-corrected chi connectivity index (χ3v) is 5.85. The summed E-state index contributed by atoms with van der Waals surface area (Å²) < 4.78 is 0. The minimum Gasteiger partial charge on any atom is -0.313 e. The second-order valence-electron chi connectivity index (χ2n) is 6.12. The summed E-state index contributed by atoms with van der Waals surface area (Å²) in [4.78, 5) is 2.66. The van der Waals surface area contributed by atoms with Crippen molar-refractivity contribution >= 4 is 11.8 Å². The summed E-state index contributed by atoms with van der Waals surface area (Å²) in [5, 5.41) is 4.67. The summed E-state index contributed by atoms with van der Waals surface area (Å²) in [6.07, 6.45) is 7.00. The van der Waals surface area contributed by atoms with Gasteiger partial charge in [-0.3, -0.25) is 0 Å². The molecule has 1 heterocycles. The Morgan fingerprint density at radius 1 is 1.33 bits per heavy atom. The fourth-order valence-electron chi connectivity index (χ4n) is 3.28. The van der Waals surface area contributed by atoms with Crippen LogP contribution in [0.15, 0.2) is 0 Å². The molecular formula is C15H30N2S. The lowest BCUT2D eigenvalue weighted by atomic mass is 9.87. The number of thioether (sulfide) groups is 1. The van der Waals surface area contributed by atoms with E-state index in [1.54, 1.807) is 0 Å². The molecule has 0 spiro atoms. The lowest BCUT2D eigenvalue weighted by Gasteiger charge is -2.33. The SMILES string of the molecule is CCC1CN(CCNC2CCCC(C)C2)CCS1. The average molecular weight is 270 g/mol. The fraction of sp³-hybridized carbons (Fsp3) is 1.00. The van der Waals surface area contributed by atoms with Crippen molar-refractivity contribution in [2.45, 2.75) is 57.2 Å². The Hall–Kier alpha value is 0.270. The molecule has 2 fully saturated rings. The van der Waals surface area contributed by atoms with Crippen LogP contribution < -0.4 is 5.32 Å². The molecule has 1 N–H and O–H groups in total. The first-order valence-electron chi connectivity index (χ1n) is 7.85. The molecule has 106 valence electrons. The molecule has 0 radical (unpaired) electrons. The molecule has 0 aromatic carbocycles. The highest BCUT2D eigenvalue weighted by molar-refractivity contribution is 8.00. The highest BCUT2D eigenvalue weighted by Gasteiger charge is 2.20. The molecule has 0 aromatic heterocycles. The number of hydrogen-bond donors (Lipinski definition) is 1. The Morgan fingerprint density at radius 3 is 3.00 bits per heavy atom. The van der Waals surface area contributed by atoms with Crippen molar-refractivity contribution in [2.24, 2.45) is 5.92 Å². The standard InChI is InChI=1S/C15H30N2S/c1-3-15-12-17(9-10-18-15)8-7-16-14-6-4-5-13(2)11-14/h13-16H,3-12H2,1-2H3. The number of hydrogen-bond acceptors (Lipinski definition) is 3. The molecule has 1 saturated carbocycles. The van der Waals surface area contributed by atoms with Gasteiger partial charge in [0.1, 0.15) is 0 Å². The molecule has 0 aromatic rings. The zero-order valence-corrected chi connectivity index (χ0v) is 13.0. The van der Waals surface area contributed by atoms with Crippen molar-refractivity contribution in [2.75, 3.05) is 31.9 Å². The molecule has 3 atom stereocenters. The lowest BCUT2D eigenvalue weighted by Crippen LogP contribution is -2.43. The van der Waals surface area contributed by atoms with Crippen LogP contribution in [0.5, 0.6) is 0 Å². The number of rotatable bonds is 5. The number of nitrogens with zero attached hydrogens (tertiary/aromatic N) is 1. The van der Waals surface area contributed by atoms with Crippen LogP contribution in [-0.2, 0) is 0 Å². The van der Waals surface area contributed by atoms with Crippen molar-refractivity contribution in [3.8, 4) is 0 Å². The summed E-state index contributed by atoms with van der Waals surface area (Å²) in [5.41, 5.74) is 0. The van der Waals surface area contributed by atoms with Crippen LogP contribution in [0.2, 0.25) is 0 Å². The minimum absolute atomic E-state index is 0.801. The van der Waals surface area contributed by atoms with E-state index < -0.39 is 0 Å². The predicted octanol–water partition coefficient (Wildman–Crippen LogP) is 2.98. The second kappa shape index (κ2) is 7.76. The van der Waals surface area contributed by atoms with E-state index in [1.807, 2.05) is 0 Å². The van der Waals surface area contributed by atoms with E-state index >= 15 is 0 Å². The highest BCUT2D eigenvalue weighted by Crippen LogP contribution is 2.23. The van der Waals surface area contributed by atoms with E-state index in [2.05, 4.69) is 35.8 Å². The monoisotopic (exact) mass is 270 g/mol. The van der Waals surface area contributed by atoms with Crippen molar-refractivity contribution in [3.05, 3.63) is 0 Å². The van der Waals surface area contributed by atoms with E-state index in [1.165, 1.54) is 64.0 Å². The van der Waals surface area contributed by atoms with Crippen LogP contribution >= 0.6 is 11.8 Å². The normalized spacial score (nSPS) is 34.7. The summed E-state index contributed by atoms with van der Waals surface area (Å²) in [6, 6.07) is 0.801. The summed E-state index contributed by atoms with van der Waals surface area (Å²) >= 11 is 2.17. The summed E-state index contributed by atoms with van der Waals surface area (Å²) in [5.74, 6) is 2.27. The van der Waals surface area contributed by atoms with E-state index in [-0.39, 0.29) is 0 Å². The summed E-state index contributed by atoms with van der Waals surface area (Å²) in [6.45, 7) is 9.78. The molecule has 0 bridgehead atoms. The highest BCUT2D eigenvalue weighted by atomic mass is 32.2. The van der Waals surface area contributed by atoms with Crippen LogP contribution in [0.4, 0.5) is 0 Å². The molecule has 18 heavy (non-hydrogen) atoms. The van der Waals surface area contributed by atoms with Crippen LogP contribution in [0.25, 0.3) is 0 Å². The van der Waals surface area contributed by atoms with Gasteiger partial charge in [-0.15, -0.1) is 0 Å². The predicted molar refractivity (Wildman–Crippen MR) is 82.4 cm³/mol. The van der Waals surface area contributed by atoms with E-state index in [9.17, 15) is 0 Å². The van der Waals surface area contributed by atoms with Crippen molar-refractivity contribution < 1.29 is 0 Å². The van der Waals surface area contributed by atoms with Crippen molar-refractivity contribution in [3.63, 3.8) is 0 Å². The molecule has 1 aliphatic carbocycles. The van der Waals surface area contributed by atoms with Crippen LogP contribution in [-0.4, -0.2) is 48.1 Å². The van der Waals surface area contributed by atoms with E-state index in [0.29, 0.717) is 0 Å². The third kappa shape index (κ3) is 4.75.